The number of hydrogen-bond acceptors (Lipinski definition) is 2. The Bertz CT molecular complexity index is 110. The van der Waals surface area contributed by atoms with Crippen molar-refractivity contribution >= 4 is 0 Å². The zero-order valence-electron chi connectivity index (χ0n) is 6.51. The van der Waals surface area contributed by atoms with Crippen LogP contribution in [0.5, 0.6) is 0 Å². The average Bonchev–Trinajstić information content (AvgIpc) is 1.88. The Kier molecular flexibility index (Phi) is 2.63. The Morgan fingerprint density at radius 3 is 2.80 bits per heavy atom. The molecule has 1 heterocycles. The van der Waals surface area contributed by atoms with Gasteiger partial charge in [-0.1, -0.05) is 0 Å². The molecule has 0 radical (unpaired) electrons. The van der Waals surface area contributed by atoms with E-state index in [-0.39, 0.29) is 6.10 Å². The van der Waals surface area contributed by atoms with E-state index in [4.69, 9.17) is 4.74 Å². The molecule has 0 aromatic heterocycles. The molecule has 2 nitrogen and oxygen atoms in total. The summed E-state index contributed by atoms with van der Waals surface area (Å²) in [6, 6.07) is 0. The van der Waals surface area contributed by atoms with Crippen LogP contribution in [0, 0.1) is 0 Å². The summed E-state index contributed by atoms with van der Waals surface area (Å²) in [7, 11) is 3.50. The lowest BCUT2D eigenvalue weighted by Crippen LogP contribution is -2.43. The molecule has 0 N–H and O–H groups in total. The van der Waals surface area contributed by atoms with Crippen molar-refractivity contribution in [1.82, 2.24) is 4.90 Å². The van der Waals surface area contributed by atoms with E-state index in [0.717, 1.165) is 13.0 Å². The number of piperidine rings is 1. The first-order valence-corrected chi connectivity index (χ1v) is 3.59. The molecule has 1 rings (SSSR count). The summed E-state index contributed by atoms with van der Waals surface area (Å²) in [6.07, 6.45) is -0.159. The number of likely N-dealkylation sites (tertiary alicyclic amines) is 1. The van der Waals surface area contributed by atoms with Crippen molar-refractivity contribution in [2.45, 2.75) is 18.7 Å². The quantitative estimate of drug-likeness (QED) is 0.540. The fourth-order valence-corrected chi connectivity index (χ4v) is 1.30. The van der Waals surface area contributed by atoms with Gasteiger partial charge < -0.3 is 9.64 Å². The monoisotopic (exact) mass is 147 g/mol. The first-order chi connectivity index (χ1) is 4.74. The molecule has 1 fully saturated rings. The predicted molar refractivity (Wildman–Crippen MR) is 37.8 cm³/mol. The average molecular weight is 147 g/mol. The number of hydrogen-bond donors (Lipinski definition) is 0. The van der Waals surface area contributed by atoms with Crippen LogP contribution in [0.3, 0.4) is 0 Å². The lowest BCUT2D eigenvalue weighted by Gasteiger charge is -2.30. The van der Waals surface area contributed by atoms with Crippen LogP contribution in [-0.4, -0.2) is 44.4 Å². The molecule has 0 bridgehead atoms. The molecule has 1 aliphatic rings. The predicted octanol–water partition coefficient (Wildman–Crippen LogP) is 0.675. The number of ether oxygens (including phenoxy) is 1. The topological polar surface area (TPSA) is 12.5 Å². The third-order valence-electron chi connectivity index (χ3n) is 1.99. The minimum atomic E-state index is -0.802. The van der Waals surface area contributed by atoms with Crippen molar-refractivity contribution in [3.05, 3.63) is 0 Å². The second kappa shape index (κ2) is 3.30. The Morgan fingerprint density at radius 1 is 1.60 bits per heavy atom. The fourth-order valence-electron chi connectivity index (χ4n) is 1.30. The normalized spacial score (nSPS) is 36.3. The Morgan fingerprint density at radius 2 is 2.30 bits per heavy atom. The first-order valence-electron chi connectivity index (χ1n) is 3.59. The first kappa shape index (κ1) is 7.95. The summed E-state index contributed by atoms with van der Waals surface area (Å²) in [5, 5.41) is 0. The van der Waals surface area contributed by atoms with E-state index in [1.165, 1.54) is 0 Å². The molecule has 1 aliphatic heterocycles. The highest BCUT2D eigenvalue weighted by atomic mass is 19.1. The maximum atomic E-state index is 12.9. The van der Waals surface area contributed by atoms with Gasteiger partial charge in [0.05, 0.1) is 6.10 Å². The smallest absolute Gasteiger partial charge is 0.139 e. The Labute approximate surface area is 61.0 Å². The van der Waals surface area contributed by atoms with E-state index in [1.54, 1.807) is 7.11 Å². The lowest BCUT2D eigenvalue weighted by molar-refractivity contribution is -0.0158. The third-order valence-corrected chi connectivity index (χ3v) is 1.99. The van der Waals surface area contributed by atoms with Gasteiger partial charge in [0, 0.05) is 20.2 Å². The summed E-state index contributed by atoms with van der Waals surface area (Å²) >= 11 is 0. The second-order valence-corrected chi connectivity index (χ2v) is 2.84. The van der Waals surface area contributed by atoms with Crippen LogP contribution in [0.4, 0.5) is 4.39 Å². The Balaban J connectivity index is 2.36. The minimum Gasteiger partial charge on any atom is -0.378 e. The third kappa shape index (κ3) is 1.67. The van der Waals surface area contributed by atoms with Gasteiger partial charge in [-0.15, -0.1) is 0 Å². The zero-order chi connectivity index (χ0) is 7.56. The van der Waals surface area contributed by atoms with Gasteiger partial charge in [-0.05, 0) is 13.5 Å². The van der Waals surface area contributed by atoms with E-state index in [2.05, 4.69) is 0 Å². The van der Waals surface area contributed by atoms with Gasteiger partial charge in [0.2, 0.25) is 0 Å². The van der Waals surface area contributed by atoms with Crippen LogP contribution < -0.4 is 0 Å². The summed E-state index contributed by atoms with van der Waals surface area (Å²) in [4.78, 5) is 1.99. The van der Waals surface area contributed by atoms with Crippen molar-refractivity contribution < 1.29 is 9.13 Å². The second-order valence-electron chi connectivity index (χ2n) is 2.84. The van der Waals surface area contributed by atoms with Gasteiger partial charge in [-0.25, -0.2) is 4.39 Å². The van der Waals surface area contributed by atoms with Crippen LogP contribution in [0.2, 0.25) is 0 Å². The van der Waals surface area contributed by atoms with Gasteiger partial charge in [-0.2, -0.15) is 0 Å². The molecule has 3 heteroatoms. The summed E-state index contributed by atoms with van der Waals surface area (Å²) in [6.45, 7) is 1.46. The van der Waals surface area contributed by atoms with Crippen molar-refractivity contribution in [3.63, 3.8) is 0 Å². The molecule has 0 unspecified atom stereocenters. The summed E-state index contributed by atoms with van der Waals surface area (Å²) in [5.74, 6) is 0. The minimum absolute atomic E-state index is 0.170. The molecule has 1 saturated heterocycles. The van der Waals surface area contributed by atoms with Crippen molar-refractivity contribution in [3.8, 4) is 0 Å². The molecule has 0 spiro atoms. The molecule has 0 aromatic carbocycles. The van der Waals surface area contributed by atoms with E-state index >= 15 is 0 Å². The van der Waals surface area contributed by atoms with E-state index in [1.807, 2.05) is 11.9 Å². The fraction of sp³-hybridized carbons (Fsp3) is 1.00. The van der Waals surface area contributed by atoms with Gasteiger partial charge in [0.15, 0.2) is 0 Å². The molecular weight excluding hydrogens is 133 g/mol. The molecule has 0 aromatic rings. The number of nitrogens with zero attached hydrogens (tertiary/aromatic N) is 1. The van der Waals surface area contributed by atoms with E-state index < -0.39 is 6.17 Å². The molecule has 10 heavy (non-hydrogen) atoms. The number of halogens is 1. The van der Waals surface area contributed by atoms with Crippen molar-refractivity contribution in [2.24, 2.45) is 0 Å². The molecule has 0 saturated carbocycles. The van der Waals surface area contributed by atoms with Gasteiger partial charge in [0.25, 0.3) is 0 Å². The lowest BCUT2D eigenvalue weighted by atomic mass is 10.1. The molecule has 60 valence electrons. The van der Waals surface area contributed by atoms with E-state index in [9.17, 15) is 4.39 Å². The van der Waals surface area contributed by atoms with Crippen LogP contribution >= 0.6 is 0 Å². The largest absolute Gasteiger partial charge is 0.378 e. The van der Waals surface area contributed by atoms with Gasteiger partial charge >= 0.3 is 0 Å². The van der Waals surface area contributed by atoms with Crippen molar-refractivity contribution in [1.29, 1.82) is 0 Å². The maximum Gasteiger partial charge on any atom is 0.139 e. The van der Waals surface area contributed by atoms with Crippen LogP contribution in [-0.2, 0) is 4.74 Å². The number of alkyl halides is 1. The zero-order valence-corrected chi connectivity index (χ0v) is 6.51. The van der Waals surface area contributed by atoms with Gasteiger partial charge in [-0.3, -0.25) is 0 Å². The molecule has 2 atom stereocenters. The molecule has 0 aliphatic carbocycles. The Hall–Kier alpha value is -0.150. The highest BCUT2D eigenvalue weighted by molar-refractivity contribution is 4.78. The highest BCUT2D eigenvalue weighted by Gasteiger charge is 2.26. The van der Waals surface area contributed by atoms with Crippen LogP contribution in [0.1, 0.15) is 6.42 Å². The summed E-state index contributed by atoms with van der Waals surface area (Å²) < 4.78 is 17.9. The number of methoxy groups -OCH3 is 1. The van der Waals surface area contributed by atoms with Crippen LogP contribution in [0.15, 0.2) is 0 Å². The SMILES string of the molecule is CO[C@@H]1CCN(C)C[C@@H]1F. The standard InChI is InChI=1S/C7H14FNO/c1-9-4-3-7(10-2)6(8)5-9/h6-7H,3-5H2,1-2H3/t6-,7+/m0/s1. The van der Waals surface area contributed by atoms with Crippen molar-refractivity contribution in [2.75, 3.05) is 27.2 Å². The molecule has 0 amide bonds. The molecular formula is C7H14FNO. The van der Waals surface area contributed by atoms with E-state index in [0.29, 0.717) is 6.54 Å². The number of rotatable bonds is 1. The van der Waals surface area contributed by atoms with Crippen LogP contribution in [0.25, 0.3) is 0 Å². The summed E-state index contributed by atoms with van der Waals surface area (Å²) in [5.41, 5.74) is 0. The van der Waals surface area contributed by atoms with Gasteiger partial charge in [0.1, 0.15) is 6.17 Å². The highest BCUT2D eigenvalue weighted by Crippen LogP contribution is 2.14. The maximum absolute atomic E-state index is 12.9.